The van der Waals surface area contributed by atoms with Gasteiger partial charge in [-0.2, -0.15) is 0 Å². The summed E-state index contributed by atoms with van der Waals surface area (Å²) in [4.78, 5) is 33.3. The van der Waals surface area contributed by atoms with Crippen LogP contribution in [0, 0.1) is 10.1 Å². The Morgan fingerprint density at radius 1 is 1.11 bits per heavy atom. The van der Waals surface area contributed by atoms with E-state index in [1.807, 2.05) is 6.07 Å². The van der Waals surface area contributed by atoms with Gasteiger partial charge in [0.15, 0.2) is 4.96 Å². The molecule has 0 fully saturated rings. The van der Waals surface area contributed by atoms with Crippen molar-refractivity contribution in [2.24, 2.45) is 0 Å². The van der Waals surface area contributed by atoms with Crippen LogP contribution in [0.3, 0.4) is 0 Å². The smallest absolute Gasteiger partial charge is 0.268 e. The van der Waals surface area contributed by atoms with E-state index < -0.39 is 4.92 Å². The summed E-state index contributed by atoms with van der Waals surface area (Å²) >= 11 is 7.51. The Morgan fingerprint density at radius 2 is 1.93 bits per heavy atom. The van der Waals surface area contributed by atoms with Crippen molar-refractivity contribution in [3.8, 4) is 11.3 Å². The Morgan fingerprint density at radius 3 is 2.75 bits per heavy atom. The second kappa shape index (κ2) is 6.08. The van der Waals surface area contributed by atoms with E-state index >= 15 is 0 Å². The fraction of sp³-hybridized carbons (Fsp3) is 0. The Balaban J connectivity index is 1.86. The van der Waals surface area contributed by atoms with Gasteiger partial charge in [-0.25, -0.2) is 4.98 Å². The van der Waals surface area contributed by atoms with E-state index in [2.05, 4.69) is 9.97 Å². The number of thiazole rings is 1. The summed E-state index contributed by atoms with van der Waals surface area (Å²) in [6, 6.07) is 11.5. The highest BCUT2D eigenvalue weighted by Crippen LogP contribution is 2.30. The zero-order valence-corrected chi connectivity index (χ0v) is 15.6. The van der Waals surface area contributed by atoms with Crippen LogP contribution in [0.4, 0.5) is 5.69 Å². The van der Waals surface area contributed by atoms with Crippen molar-refractivity contribution in [3.05, 3.63) is 79.5 Å². The van der Waals surface area contributed by atoms with E-state index in [1.165, 1.54) is 34.1 Å². The molecule has 0 N–H and O–H groups in total. The van der Waals surface area contributed by atoms with E-state index in [1.54, 1.807) is 29.6 Å². The van der Waals surface area contributed by atoms with Crippen molar-refractivity contribution in [1.29, 1.82) is 0 Å². The Hall–Kier alpha value is -3.36. The van der Waals surface area contributed by atoms with Crippen LogP contribution >= 0.6 is 22.9 Å². The van der Waals surface area contributed by atoms with Crippen LogP contribution in [0.25, 0.3) is 38.0 Å². The average Bonchev–Trinajstić information content (AvgIpc) is 3.13. The molecule has 5 aromatic rings. The highest BCUT2D eigenvalue weighted by Gasteiger charge is 2.17. The molecule has 0 atom stereocenters. The minimum Gasteiger partial charge on any atom is -0.268 e. The SMILES string of the molecule is O=c1c2cnc3c(Cl)cccc3c2nc2scc(-c3cccc([N+](=O)[O-])c3)n12. The van der Waals surface area contributed by atoms with Gasteiger partial charge >= 0.3 is 0 Å². The number of fused-ring (bicyclic) bond motifs is 4. The lowest BCUT2D eigenvalue weighted by molar-refractivity contribution is -0.384. The molecule has 28 heavy (non-hydrogen) atoms. The summed E-state index contributed by atoms with van der Waals surface area (Å²) in [5, 5.41) is 14.4. The summed E-state index contributed by atoms with van der Waals surface area (Å²) in [5.74, 6) is 0. The zero-order valence-electron chi connectivity index (χ0n) is 14.0. The lowest BCUT2D eigenvalue weighted by atomic mass is 10.1. The third kappa shape index (κ3) is 2.39. The topological polar surface area (TPSA) is 90.4 Å². The highest BCUT2D eigenvalue weighted by molar-refractivity contribution is 7.15. The first-order chi connectivity index (χ1) is 13.5. The van der Waals surface area contributed by atoms with E-state index in [0.29, 0.717) is 43.0 Å². The van der Waals surface area contributed by atoms with Crippen molar-refractivity contribution in [2.75, 3.05) is 0 Å². The van der Waals surface area contributed by atoms with Crippen LogP contribution in [0.15, 0.2) is 58.8 Å². The summed E-state index contributed by atoms with van der Waals surface area (Å²) in [6.07, 6.45) is 1.47. The molecule has 3 heterocycles. The number of aromatic nitrogens is 3. The van der Waals surface area contributed by atoms with Crippen LogP contribution < -0.4 is 5.56 Å². The van der Waals surface area contributed by atoms with Gasteiger partial charge in [-0.1, -0.05) is 35.9 Å². The normalized spacial score (nSPS) is 11.5. The van der Waals surface area contributed by atoms with E-state index in [9.17, 15) is 14.9 Å². The molecule has 0 saturated heterocycles. The molecule has 0 spiro atoms. The molecule has 0 aliphatic carbocycles. The number of non-ortho nitro benzene ring substituents is 1. The maximum absolute atomic E-state index is 13.2. The fourth-order valence-electron chi connectivity index (χ4n) is 3.23. The van der Waals surface area contributed by atoms with E-state index in [4.69, 9.17) is 11.6 Å². The molecule has 0 radical (unpaired) electrons. The number of pyridine rings is 1. The lowest BCUT2D eigenvalue weighted by Gasteiger charge is -2.06. The van der Waals surface area contributed by atoms with Crippen LogP contribution in [0.1, 0.15) is 0 Å². The second-order valence-corrected chi connectivity index (χ2v) is 7.36. The minimum atomic E-state index is -0.464. The first-order valence-corrected chi connectivity index (χ1v) is 9.42. The molecule has 2 aromatic carbocycles. The third-order valence-corrected chi connectivity index (χ3v) is 5.65. The number of benzene rings is 2. The van der Waals surface area contributed by atoms with Crippen LogP contribution in [-0.4, -0.2) is 19.3 Å². The molecule has 0 aliphatic heterocycles. The van der Waals surface area contributed by atoms with Gasteiger partial charge in [-0.05, 0) is 6.07 Å². The van der Waals surface area contributed by atoms with Crippen molar-refractivity contribution in [2.45, 2.75) is 0 Å². The molecule has 0 saturated carbocycles. The van der Waals surface area contributed by atoms with Gasteiger partial charge in [-0.3, -0.25) is 24.3 Å². The number of hydrogen-bond acceptors (Lipinski definition) is 6. The maximum atomic E-state index is 13.2. The summed E-state index contributed by atoms with van der Waals surface area (Å²) in [7, 11) is 0. The molecular weight excluding hydrogens is 400 g/mol. The molecular formula is C19H9ClN4O3S. The van der Waals surface area contributed by atoms with E-state index in [0.717, 1.165) is 0 Å². The van der Waals surface area contributed by atoms with Crippen molar-refractivity contribution >= 4 is 55.4 Å². The number of para-hydroxylation sites is 1. The van der Waals surface area contributed by atoms with Gasteiger partial charge in [0.05, 0.1) is 32.1 Å². The lowest BCUT2D eigenvalue weighted by Crippen LogP contribution is -2.15. The molecule has 5 rings (SSSR count). The average molecular weight is 409 g/mol. The minimum absolute atomic E-state index is 0.0408. The quantitative estimate of drug-likeness (QED) is 0.240. The molecule has 0 amide bonds. The number of nitrogens with zero attached hydrogens (tertiary/aromatic N) is 4. The fourth-order valence-corrected chi connectivity index (χ4v) is 4.34. The van der Waals surface area contributed by atoms with Crippen LogP contribution in [0.2, 0.25) is 5.02 Å². The summed E-state index contributed by atoms with van der Waals surface area (Å²) < 4.78 is 1.46. The Kier molecular flexibility index (Phi) is 3.65. The molecule has 3 aromatic heterocycles. The monoisotopic (exact) mass is 408 g/mol. The second-order valence-electron chi connectivity index (χ2n) is 6.12. The summed E-state index contributed by atoms with van der Waals surface area (Å²) in [6.45, 7) is 0. The Labute approximate surface area is 165 Å². The number of halogens is 1. The van der Waals surface area contributed by atoms with Gasteiger partial charge in [0.1, 0.15) is 0 Å². The van der Waals surface area contributed by atoms with E-state index in [-0.39, 0.29) is 11.2 Å². The maximum Gasteiger partial charge on any atom is 0.270 e. The first kappa shape index (κ1) is 16.8. The number of hydrogen-bond donors (Lipinski definition) is 0. The number of nitro benzene ring substituents is 1. The third-order valence-electron chi connectivity index (χ3n) is 4.52. The molecule has 0 bridgehead atoms. The summed E-state index contributed by atoms with van der Waals surface area (Å²) in [5.41, 5.74) is 1.92. The zero-order chi connectivity index (χ0) is 19.4. The highest BCUT2D eigenvalue weighted by atomic mass is 35.5. The molecule has 9 heteroatoms. The van der Waals surface area contributed by atoms with Crippen molar-refractivity contribution < 1.29 is 4.92 Å². The van der Waals surface area contributed by atoms with Gasteiger partial charge < -0.3 is 0 Å². The van der Waals surface area contributed by atoms with Gasteiger partial charge in [0.25, 0.3) is 11.2 Å². The van der Waals surface area contributed by atoms with Crippen molar-refractivity contribution in [3.63, 3.8) is 0 Å². The predicted molar refractivity (Wildman–Crippen MR) is 109 cm³/mol. The molecule has 0 aliphatic rings. The molecule has 0 unspecified atom stereocenters. The largest absolute Gasteiger partial charge is 0.270 e. The number of rotatable bonds is 2. The van der Waals surface area contributed by atoms with Gasteiger partial charge in [0, 0.05) is 34.7 Å². The number of nitro groups is 1. The standard InChI is InChI=1S/C19H9ClN4O3S/c20-14-6-2-5-12-16-13(8-21-17(12)14)18(25)23-15(9-28-19(23)22-16)10-3-1-4-11(7-10)24(26)27/h1-9H. The van der Waals surface area contributed by atoms with Crippen molar-refractivity contribution in [1.82, 2.24) is 14.4 Å². The molecule has 136 valence electrons. The first-order valence-electron chi connectivity index (χ1n) is 8.16. The van der Waals surface area contributed by atoms with Crippen LogP contribution in [0.5, 0.6) is 0 Å². The van der Waals surface area contributed by atoms with Gasteiger partial charge in [-0.15, -0.1) is 11.3 Å². The molecule has 7 nitrogen and oxygen atoms in total. The van der Waals surface area contributed by atoms with Crippen LogP contribution in [-0.2, 0) is 0 Å². The predicted octanol–water partition coefficient (Wildman–Crippen LogP) is 4.69. The Bertz CT molecular complexity index is 1490. The van der Waals surface area contributed by atoms with Gasteiger partial charge in [0.2, 0.25) is 0 Å².